The fraction of sp³-hybridized carbons (Fsp3) is 0.200. The average molecular weight is 345 g/mol. The van der Waals surface area contributed by atoms with E-state index in [4.69, 9.17) is 16.3 Å². The Bertz CT molecular complexity index is 1130. The average Bonchev–Trinajstić information content (AvgIpc) is 3.19. The van der Waals surface area contributed by atoms with Gasteiger partial charge in [0.15, 0.2) is 11.5 Å². The first-order chi connectivity index (χ1) is 11.6. The number of hydrogen-bond donors (Lipinski definition) is 0. The van der Waals surface area contributed by atoms with Crippen molar-refractivity contribution in [1.29, 1.82) is 0 Å². The summed E-state index contributed by atoms with van der Waals surface area (Å²) >= 11 is 6.22. The maximum absolute atomic E-state index is 12.8. The highest BCUT2D eigenvalue weighted by Crippen LogP contribution is 2.23. The molecule has 4 aromatic rings. The third-order valence-corrected chi connectivity index (χ3v) is 4.24. The molecule has 0 aliphatic heterocycles. The van der Waals surface area contributed by atoms with E-state index < -0.39 is 0 Å². The normalized spacial score (nSPS) is 11.6. The molecule has 0 saturated carbocycles. The van der Waals surface area contributed by atoms with Crippen LogP contribution in [0.2, 0.25) is 5.02 Å². The molecule has 24 heavy (non-hydrogen) atoms. The van der Waals surface area contributed by atoms with E-state index in [1.54, 1.807) is 43.5 Å². The first-order valence-electron chi connectivity index (χ1n) is 7.16. The molecule has 0 fully saturated rings. The third-order valence-electron chi connectivity index (χ3n) is 3.92. The summed E-state index contributed by atoms with van der Waals surface area (Å²) in [5, 5.41) is 8.83. The molecule has 3 aromatic heterocycles. The van der Waals surface area contributed by atoms with Crippen molar-refractivity contribution >= 4 is 28.2 Å². The maximum Gasteiger partial charge on any atom is 0.262 e. The van der Waals surface area contributed by atoms with Crippen LogP contribution in [-0.2, 0) is 18.4 Å². The molecule has 4 rings (SSSR count). The van der Waals surface area contributed by atoms with E-state index in [1.807, 2.05) is 10.5 Å². The first kappa shape index (κ1) is 14.9. The van der Waals surface area contributed by atoms with Crippen LogP contribution in [-0.4, -0.2) is 36.1 Å². The number of halogens is 1. The fourth-order valence-electron chi connectivity index (χ4n) is 2.84. The van der Waals surface area contributed by atoms with Gasteiger partial charge in [-0.1, -0.05) is 22.9 Å². The Labute approximate surface area is 140 Å². The second kappa shape index (κ2) is 5.43. The van der Waals surface area contributed by atoms with Crippen LogP contribution in [0.5, 0.6) is 0 Å². The zero-order chi connectivity index (χ0) is 16.8. The Balaban J connectivity index is 2.13. The van der Waals surface area contributed by atoms with Gasteiger partial charge in [-0.2, -0.15) is 4.68 Å². The van der Waals surface area contributed by atoms with Crippen LogP contribution >= 0.6 is 11.6 Å². The second-order valence-electron chi connectivity index (χ2n) is 5.33. The second-order valence-corrected chi connectivity index (χ2v) is 5.74. The molecule has 0 unspecified atom stereocenters. The number of rotatable bonds is 3. The van der Waals surface area contributed by atoms with Crippen LogP contribution in [0.1, 0.15) is 5.69 Å². The molecular weight excluding hydrogens is 332 g/mol. The number of aromatic nitrogens is 6. The lowest BCUT2D eigenvalue weighted by Crippen LogP contribution is -2.21. The van der Waals surface area contributed by atoms with Crippen molar-refractivity contribution < 1.29 is 4.74 Å². The van der Waals surface area contributed by atoms with E-state index in [9.17, 15) is 4.79 Å². The number of methoxy groups -OCH3 is 1. The Kier molecular flexibility index (Phi) is 3.36. The number of benzene rings is 1. The zero-order valence-electron chi connectivity index (χ0n) is 13.0. The van der Waals surface area contributed by atoms with Gasteiger partial charge < -0.3 is 4.74 Å². The van der Waals surface area contributed by atoms with Crippen LogP contribution in [0.4, 0.5) is 0 Å². The van der Waals surface area contributed by atoms with Crippen molar-refractivity contribution in [3.05, 3.63) is 51.8 Å². The van der Waals surface area contributed by atoms with E-state index in [1.165, 1.54) is 4.57 Å². The number of aryl methyl sites for hydroxylation is 1. The van der Waals surface area contributed by atoms with Gasteiger partial charge in [0.1, 0.15) is 6.33 Å². The Morgan fingerprint density at radius 3 is 2.96 bits per heavy atom. The Morgan fingerprint density at radius 1 is 1.33 bits per heavy atom. The highest BCUT2D eigenvalue weighted by Gasteiger charge is 2.18. The summed E-state index contributed by atoms with van der Waals surface area (Å²) < 4.78 is 10.0. The van der Waals surface area contributed by atoms with Gasteiger partial charge in [0.25, 0.3) is 5.56 Å². The molecular formula is C15H13ClN6O2. The summed E-state index contributed by atoms with van der Waals surface area (Å²) in [6.45, 7) is 0.333. The summed E-state index contributed by atoms with van der Waals surface area (Å²) in [7, 11) is 3.27. The summed E-state index contributed by atoms with van der Waals surface area (Å²) in [5.74, 6) is 0.501. The zero-order valence-corrected chi connectivity index (χ0v) is 13.7. The standard InChI is InChI=1S/C15H13ClN6O2/c1-20-14-13(22-9(7-24-2)6-18-19-22)17-8-21(14)11-5-3-4-10(16)12(11)15(20)23/h3-6,8H,7H2,1-2H3. The highest BCUT2D eigenvalue weighted by molar-refractivity contribution is 6.35. The summed E-state index contributed by atoms with van der Waals surface area (Å²) in [5.41, 5.74) is 1.82. The van der Waals surface area contributed by atoms with Crippen molar-refractivity contribution in [3.8, 4) is 5.82 Å². The van der Waals surface area contributed by atoms with E-state index >= 15 is 0 Å². The molecule has 8 nitrogen and oxygen atoms in total. The van der Waals surface area contributed by atoms with Crippen molar-refractivity contribution in [2.75, 3.05) is 7.11 Å². The molecule has 0 aliphatic carbocycles. The minimum absolute atomic E-state index is 0.196. The van der Waals surface area contributed by atoms with Gasteiger partial charge in [-0.3, -0.25) is 13.8 Å². The van der Waals surface area contributed by atoms with E-state index in [0.717, 1.165) is 5.69 Å². The highest BCUT2D eigenvalue weighted by atomic mass is 35.5. The molecule has 0 N–H and O–H groups in total. The molecule has 9 heteroatoms. The quantitative estimate of drug-likeness (QED) is 0.563. The Hall–Kier alpha value is -2.71. The smallest absolute Gasteiger partial charge is 0.262 e. The SMILES string of the molecule is COCc1cnnn1-c1ncn2c3cccc(Cl)c3c(=O)n(C)c12. The third kappa shape index (κ3) is 1.97. The maximum atomic E-state index is 12.8. The molecule has 0 spiro atoms. The van der Waals surface area contributed by atoms with E-state index in [-0.39, 0.29) is 5.56 Å². The van der Waals surface area contributed by atoms with Crippen molar-refractivity contribution in [3.63, 3.8) is 0 Å². The molecule has 1 aromatic carbocycles. The molecule has 3 heterocycles. The fourth-order valence-corrected chi connectivity index (χ4v) is 3.09. The lowest BCUT2D eigenvalue weighted by molar-refractivity contribution is 0.179. The minimum Gasteiger partial charge on any atom is -0.378 e. The van der Waals surface area contributed by atoms with Crippen molar-refractivity contribution in [2.45, 2.75) is 6.61 Å². The monoisotopic (exact) mass is 344 g/mol. The molecule has 0 bridgehead atoms. The predicted molar refractivity (Wildman–Crippen MR) is 88.6 cm³/mol. The van der Waals surface area contributed by atoms with Gasteiger partial charge in [-0.15, -0.1) is 5.10 Å². The first-order valence-corrected chi connectivity index (χ1v) is 7.54. The predicted octanol–water partition coefficient (Wildman–Crippen LogP) is 1.57. The summed E-state index contributed by atoms with van der Waals surface area (Å²) in [6, 6.07) is 5.33. The van der Waals surface area contributed by atoms with Gasteiger partial charge in [0.2, 0.25) is 0 Å². The van der Waals surface area contributed by atoms with E-state index in [0.29, 0.717) is 34.0 Å². The molecule has 0 saturated heterocycles. The van der Waals surface area contributed by atoms with Gasteiger partial charge in [-0.05, 0) is 12.1 Å². The van der Waals surface area contributed by atoms with E-state index in [2.05, 4.69) is 15.3 Å². The molecule has 0 radical (unpaired) electrons. The number of fused-ring (bicyclic) bond motifs is 3. The number of imidazole rings is 1. The van der Waals surface area contributed by atoms with Gasteiger partial charge in [-0.25, -0.2) is 4.98 Å². The van der Waals surface area contributed by atoms with Crippen LogP contribution in [0, 0.1) is 0 Å². The largest absolute Gasteiger partial charge is 0.378 e. The minimum atomic E-state index is -0.196. The van der Waals surface area contributed by atoms with Crippen molar-refractivity contribution in [2.24, 2.45) is 7.05 Å². The molecule has 0 amide bonds. The van der Waals surface area contributed by atoms with Gasteiger partial charge in [0, 0.05) is 14.2 Å². The molecule has 122 valence electrons. The van der Waals surface area contributed by atoms with Crippen LogP contribution in [0.15, 0.2) is 35.5 Å². The molecule has 0 aliphatic rings. The number of hydrogen-bond acceptors (Lipinski definition) is 5. The van der Waals surface area contributed by atoms with Crippen molar-refractivity contribution in [1.82, 2.24) is 28.9 Å². The number of nitrogens with zero attached hydrogens (tertiary/aromatic N) is 6. The Morgan fingerprint density at radius 2 is 2.17 bits per heavy atom. The number of ether oxygens (including phenoxy) is 1. The summed E-state index contributed by atoms with van der Waals surface area (Å²) in [4.78, 5) is 17.2. The van der Waals surface area contributed by atoms with Gasteiger partial charge in [0.05, 0.1) is 34.4 Å². The summed E-state index contributed by atoms with van der Waals surface area (Å²) in [6.07, 6.45) is 3.24. The topological polar surface area (TPSA) is 79.2 Å². The van der Waals surface area contributed by atoms with Crippen LogP contribution in [0.25, 0.3) is 22.4 Å². The lowest BCUT2D eigenvalue weighted by atomic mass is 10.2. The lowest BCUT2D eigenvalue weighted by Gasteiger charge is -2.10. The van der Waals surface area contributed by atoms with Crippen LogP contribution in [0.3, 0.4) is 0 Å². The van der Waals surface area contributed by atoms with Crippen LogP contribution < -0.4 is 5.56 Å². The molecule has 0 atom stereocenters. The van der Waals surface area contributed by atoms with Gasteiger partial charge >= 0.3 is 0 Å².